The number of hydrogen-bond donors (Lipinski definition) is 2. The van der Waals surface area contributed by atoms with Gasteiger partial charge in [-0.05, 0) is 40.5 Å². The number of rotatable bonds is 3. The van der Waals surface area contributed by atoms with Crippen molar-refractivity contribution >= 4 is 0 Å². The second-order valence-corrected chi connectivity index (χ2v) is 4.65. The van der Waals surface area contributed by atoms with Crippen LogP contribution in [0.5, 0.6) is 0 Å². The van der Waals surface area contributed by atoms with Gasteiger partial charge in [0.25, 0.3) is 0 Å². The fourth-order valence-electron chi connectivity index (χ4n) is 2.25. The third kappa shape index (κ3) is 3.28. The molecule has 4 nitrogen and oxygen atoms in total. The summed E-state index contributed by atoms with van der Waals surface area (Å²) in [4.78, 5) is 4.74. The summed E-state index contributed by atoms with van der Waals surface area (Å²) in [6.45, 7) is 9.36. The average Bonchev–Trinajstić information content (AvgIpc) is 2.30. The van der Waals surface area contributed by atoms with Gasteiger partial charge in [0.1, 0.15) is 0 Å². The highest BCUT2D eigenvalue weighted by molar-refractivity contribution is 5.07. The Kier molecular flexibility index (Phi) is 4.73. The average molecular weight is 212 g/mol. The Balaban J connectivity index is 2.73. The molecule has 0 radical (unpaired) electrons. The number of nitrogens with two attached hydrogens (primary N) is 1. The van der Waals surface area contributed by atoms with Crippen molar-refractivity contribution in [2.24, 2.45) is 5.84 Å². The van der Waals surface area contributed by atoms with E-state index in [0.29, 0.717) is 6.04 Å². The molecule has 0 spiro atoms. The minimum absolute atomic E-state index is 0.176. The predicted molar refractivity (Wildman–Crippen MR) is 64.5 cm³/mol. The van der Waals surface area contributed by atoms with Crippen molar-refractivity contribution in [1.29, 1.82) is 0 Å². The van der Waals surface area contributed by atoms with E-state index in [1.54, 1.807) is 0 Å². The van der Waals surface area contributed by atoms with E-state index in [9.17, 15) is 0 Å². The van der Waals surface area contributed by atoms with Crippen LogP contribution >= 0.6 is 0 Å². The van der Waals surface area contributed by atoms with Gasteiger partial charge in [0, 0.05) is 12.6 Å². The fourth-order valence-corrected chi connectivity index (χ4v) is 2.25. The van der Waals surface area contributed by atoms with Crippen molar-refractivity contribution in [1.82, 2.24) is 15.2 Å². The monoisotopic (exact) mass is 212 g/mol. The van der Waals surface area contributed by atoms with E-state index in [4.69, 9.17) is 5.84 Å². The molecular formula is C11H24N4. The maximum Gasteiger partial charge on any atom is 0.0582 e. The zero-order chi connectivity index (χ0) is 11.4. The molecule has 1 fully saturated rings. The van der Waals surface area contributed by atoms with Gasteiger partial charge in [-0.2, -0.15) is 0 Å². The molecule has 0 bridgehead atoms. The third-order valence-corrected chi connectivity index (χ3v) is 3.21. The summed E-state index contributed by atoms with van der Waals surface area (Å²) in [5, 5.41) is 0. The number of likely N-dealkylation sites (N-methyl/N-ethyl adjacent to an activating group) is 2. The van der Waals surface area contributed by atoms with Gasteiger partial charge in [-0.25, -0.2) is 0 Å². The molecule has 1 saturated heterocycles. The second-order valence-electron chi connectivity index (χ2n) is 4.65. The Morgan fingerprint density at radius 3 is 2.67 bits per heavy atom. The number of nitrogens with one attached hydrogen (secondary N) is 1. The topological polar surface area (TPSA) is 44.5 Å². The molecule has 1 aliphatic heterocycles. The molecule has 15 heavy (non-hydrogen) atoms. The van der Waals surface area contributed by atoms with E-state index in [1.807, 2.05) is 6.92 Å². The SMILES string of the molecule is C=C(C)C(NN)C1CN(C)CCCN1C. The molecule has 2 unspecified atom stereocenters. The smallest absolute Gasteiger partial charge is 0.0582 e. The normalized spacial score (nSPS) is 27.3. The van der Waals surface area contributed by atoms with Crippen LogP contribution < -0.4 is 11.3 Å². The summed E-state index contributed by atoms with van der Waals surface area (Å²) >= 11 is 0. The highest BCUT2D eigenvalue weighted by atomic mass is 15.3. The first kappa shape index (κ1) is 12.6. The second kappa shape index (κ2) is 5.61. The standard InChI is InChI=1S/C11H24N4/c1-9(2)11(13-12)10-8-14(3)6-5-7-15(10)4/h10-11,13H,1,5-8,12H2,2-4H3. The molecule has 0 aliphatic carbocycles. The Labute approximate surface area is 93.1 Å². The van der Waals surface area contributed by atoms with E-state index < -0.39 is 0 Å². The van der Waals surface area contributed by atoms with Gasteiger partial charge in [-0.15, -0.1) is 0 Å². The van der Waals surface area contributed by atoms with Gasteiger partial charge in [0.2, 0.25) is 0 Å². The van der Waals surface area contributed by atoms with Crippen molar-refractivity contribution in [2.45, 2.75) is 25.4 Å². The lowest BCUT2D eigenvalue weighted by atomic mass is 10.0. The molecule has 88 valence electrons. The molecule has 1 heterocycles. The minimum Gasteiger partial charge on any atom is -0.305 e. The van der Waals surface area contributed by atoms with Crippen molar-refractivity contribution < 1.29 is 0 Å². The summed E-state index contributed by atoms with van der Waals surface area (Å²) in [6, 6.07) is 0.593. The predicted octanol–water partition coefficient (Wildman–Crippen LogP) is 0.0303. The maximum atomic E-state index is 5.61. The quantitative estimate of drug-likeness (QED) is 0.394. The Bertz CT molecular complexity index is 217. The maximum absolute atomic E-state index is 5.61. The van der Waals surface area contributed by atoms with Crippen LogP contribution in [0.25, 0.3) is 0 Å². The summed E-state index contributed by atoms with van der Waals surface area (Å²) in [7, 11) is 4.33. The van der Waals surface area contributed by atoms with Crippen molar-refractivity contribution in [2.75, 3.05) is 33.7 Å². The van der Waals surface area contributed by atoms with Gasteiger partial charge in [-0.3, -0.25) is 11.3 Å². The molecule has 1 aliphatic rings. The van der Waals surface area contributed by atoms with Crippen LogP contribution in [0.15, 0.2) is 12.2 Å². The van der Waals surface area contributed by atoms with E-state index in [-0.39, 0.29) is 6.04 Å². The van der Waals surface area contributed by atoms with Crippen LogP contribution in [0, 0.1) is 0 Å². The van der Waals surface area contributed by atoms with E-state index in [1.165, 1.54) is 6.42 Å². The molecule has 2 atom stereocenters. The molecule has 1 rings (SSSR count). The fraction of sp³-hybridized carbons (Fsp3) is 0.818. The Morgan fingerprint density at radius 1 is 1.47 bits per heavy atom. The van der Waals surface area contributed by atoms with Crippen LogP contribution in [-0.2, 0) is 0 Å². The Hall–Kier alpha value is -0.420. The molecule has 0 saturated carbocycles. The zero-order valence-corrected chi connectivity index (χ0v) is 10.2. The lowest BCUT2D eigenvalue weighted by Gasteiger charge is -2.34. The van der Waals surface area contributed by atoms with Crippen LogP contribution in [-0.4, -0.2) is 55.6 Å². The Morgan fingerprint density at radius 2 is 2.13 bits per heavy atom. The van der Waals surface area contributed by atoms with Gasteiger partial charge in [0.15, 0.2) is 0 Å². The zero-order valence-electron chi connectivity index (χ0n) is 10.2. The lowest BCUT2D eigenvalue weighted by molar-refractivity contribution is 0.192. The first-order valence-electron chi connectivity index (χ1n) is 5.56. The third-order valence-electron chi connectivity index (χ3n) is 3.21. The number of nitrogens with zero attached hydrogens (tertiary/aromatic N) is 2. The molecule has 0 aromatic heterocycles. The van der Waals surface area contributed by atoms with E-state index >= 15 is 0 Å². The molecule has 3 N–H and O–H groups in total. The largest absolute Gasteiger partial charge is 0.305 e. The van der Waals surface area contributed by atoms with Crippen LogP contribution in [0.2, 0.25) is 0 Å². The summed E-state index contributed by atoms with van der Waals surface area (Å²) in [5.41, 5.74) is 3.98. The molecule has 0 aromatic rings. The van der Waals surface area contributed by atoms with Gasteiger partial charge >= 0.3 is 0 Å². The highest BCUT2D eigenvalue weighted by Gasteiger charge is 2.27. The van der Waals surface area contributed by atoms with E-state index in [2.05, 4.69) is 35.9 Å². The first-order valence-corrected chi connectivity index (χ1v) is 5.56. The van der Waals surface area contributed by atoms with Crippen molar-refractivity contribution in [3.8, 4) is 0 Å². The van der Waals surface area contributed by atoms with Gasteiger partial charge in [-0.1, -0.05) is 12.2 Å². The summed E-state index contributed by atoms with van der Waals surface area (Å²) < 4.78 is 0. The van der Waals surface area contributed by atoms with Crippen molar-refractivity contribution in [3.63, 3.8) is 0 Å². The lowest BCUT2D eigenvalue weighted by Crippen LogP contribution is -2.54. The van der Waals surface area contributed by atoms with E-state index in [0.717, 1.165) is 25.2 Å². The van der Waals surface area contributed by atoms with Crippen LogP contribution in [0.4, 0.5) is 0 Å². The van der Waals surface area contributed by atoms with Crippen LogP contribution in [0.1, 0.15) is 13.3 Å². The summed E-state index contributed by atoms with van der Waals surface area (Å²) in [6.07, 6.45) is 1.22. The number of hydrogen-bond acceptors (Lipinski definition) is 4. The first-order chi connectivity index (χ1) is 7.06. The summed E-state index contributed by atoms with van der Waals surface area (Å²) in [5.74, 6) is 5.61. The number of hydrazine groups is 1. The molecule has 0 amide bonds. The highest BCUT2D eigenvalue weighted by Crippen LogP contribution is 2.14. The van der Waals surface area contributed by atoms with Crippen molar-refractivity contribution in [3.05, 3.63) is 12.2 Å². The van der Waals surface area contributed by atoms with Gasteiger partial charge < -0.3 is 9.80 Å². The molecule has 0 aromatic carbocycles. The molecular weight excluding hydrogens is 188 g/mol. The van der Waals surface area contributed by atoms with Crippen LogP contribution in [0.3, 0.4) is 0 Å². The molecule has 4 heteroatoms. The van der Waals surface area contributed by atoms with Gasteiger partial charge in [0.05, 0.1) is 6.04 Å². The minimum atomic E-state index is 0.176.